The van der Waals surface area contributed by atoms with Gasteiger partial charge in [-0.25, -0.2) is 9.50 Å². The van der Waals surface area contributed by atoms with Crippen LogP contribution in [0.4, 0.5) is 0 Å². The van der Waals surface area contributed by atoms with Crippen molar-refractivity contribution < 1.29 is 4.79 Å². The monoisotopic (exact) mass is 330 g/mol. The van der Waals surface area contributed by atoms with Crippen molar-refractivity contribution in [2.75, 3.05) is 0 Å². The van der Waals surface area contributed by atoms with E-state index in [4.69, 9.17) is 5.73 Å². The minimum Gasteiger partial charge on any atom is -0.353 e. The lowest BCUT2D eigenvalue weighted by Crippen LogP contribution is -2.36. The highest BCUT2D eigenvalue weighted by Gasteiger charge is 2.17. The van der Waals surface area contributed by atoms with E-state index in [0.29, 0.717) is 37.0 Å². The third-order valence-electron chi connectivity index (χ3n) is 4.85. The molecule has 1 amide bonds. The maximum atomic E-state index is 12.2. The molecule has 1 saturated carbocycles. The van der Waals surface area contributed by atoms with Crippen LogP contribution < -0.4 is 11.1 Å². The molecule has 7 heteroatoms. The van der Waals surface area contributed by atoms with Gasteiger partial charge in [0, 0.05) is 23.9 Å². The largest absolute Gasteiger partial charge is 0.353 e. The lowest BCUT2D eigenvalue weighted by molar-refractivity contribution is -0.121. The van der Waals surface area contributed by atoms with E-state index < -0.39 is 0 Å². The Hall–Kier alpha value is -2.02. The fourth-order valence-electron chi connectivity index (χ4n) is 3.48. The molecule has 1 aliphatic rings. The van der Waals surface area contributed by atoms with Crippen molar-refractivity contribution in [3.05, 3.63) is 22.8 Å². The summed E-state index contributed by atoms with van der Waals surface area (Å²) in [6.45, 7) is 4.24. The standard InChI is InChI=1S/C17H26N6O/c1-11-14(8-9-16(24)20-13-6-4-3-5-7-13)12(2)23-17(19-11)21-15(10-18)22-23/h13H,3-10,18H2,1-2H3,(H,20,24). The molecule has 3 N–H and O–H groups in total. The van der Waals surface area contributed by atoms with Crippen molar-refractivity contribution in [1.29, 1.82) is 0 Å². The van der Waals surface area contributed by atoms with Gasteiger partial charge >= 0.3 is 0 Å². The summed E-state index contributed by atoms with van der Waals surface area (Å²) in [6, 6.07) is 0.358. The van der Waals surface area contributed by atoms with Crippen LogP contribution in [-0.2, 0) is 17.8 Å². The van der Waals surface area contributed by atoms with Crippen molar-refractivity contribution in [3.63, 3.8) is 0 Å². The van der Waals surface area contributed by atoms with E-state index in [1.165, 1.54) is 19.3 Å². The quantitative estimate of drug-likeness (QED) is 0.867. The molecule has 2 aromatic rings. The summed E-state index contributed by atoms with van der Waals surface area (Å²) >= 11 is 0. The predicted octanol–water partition coefficient (Wildman–Crippen LogP) is 1.58. The number of rotatable bonds is 5. The summed E-state index contributed by atoms with van der Waals surface area (Å²) in [7, 11) is 0. The second-order valence-electron chi connectivity index (χ2n) is 6.61. The van der Waals surface area contributed by atoms with Crippen LogP contribution in [0.2, 0.25) is 0 Å². The molecule has 7 nitrogen and oxygen atoms in total. The summed E-state index contributed by atoms with van der Waals surface area (Å²) in [4.78, 5) is 21.0. The van der Waals surface area contributed by atoms with Gasteiger partial charge in [-0.1, -0.05) is 19.3 Å². The molecular formula is C17H26N6O. The molecule has 0 unspecified atom stereocenters. The average molecular weight is 330 g/mol. The number of aromatic nitrogens is 4. The van der Waals surface area contributed by atoms with Gasteiger partial charge in [-0.05, 0) is 38.7 Å². The van der Waals surface area contributed by atoms with Crippen LogP contribution >= 0.6 is 0 Å². The van der Waals surface area contributed by atoms with E-state index in [2.05, 4.69) is 20.4 Å². The summed E-state index contributed by atoms with van der Waals surface area (Å²) < 4.78 is 1.73. The summed E-state index contributed by atoms with van der Waals surface area (Å²) in [5, 5.41) is 7.54. The minimum absolute atomic E-state index is 0.127. The summed E-state index contributed by atoms with van der Waals surface area (Å²) in [5.74, 6) is 1.28. The van der Waals surface area contributed by atoms with E-state index in [9.17, 15) is 4.79 Å². The van der Waals surface area contributed by atoms with Crippen LogP contribution in [0.1, 0.15) is 61.3 Å². The first-order valence-corrected chi connectivity index (χ1v) is 8.79. The van der Waals surface area contributed by atoms with Crippen molar-refractivity contribution in [3.8, 4) is 0 Å². The van der Waals surface area contributed by atoms with E-state index in [-0.39, 0.29) is 5.91 Å². The Morgan fingerprint density at radius 1 is 1.25 bits per heavy atom. The van der Waals surface area contributed by atoms with Crippen molar-refractivity contribution in [2.24, 2.45) is 5.73 Å². The number of nitrogens with one attached hydrogen (secondary N) is 1. The Morgan fingerprint density at radius 2 is 2.00 bits per heavy atom. The molecule has 2 aromatic heterocycles. The van der Waals surface area contributed by atoms with Crippen LogP contribution in [-0.4, -0.2) is 31.5 Å². The molecule has 130 valence electrons. The Morgan fingerprint density at radius 3 is 2.71 bits per heavy atom. The minimum atomic E-state index is 0.127. The number of aryl methyl sites for hydroxylation is 2. The molecule has 2 heterocycles. The highest BCUT2D eigenvalue weighted by atomic mass is 16.1. The van der Waals surface area contributed by atoms with E-state index in [1.54, 1.807) is 4.52 Å². The normalized spacial score (nSPS) is 15.8. The molecule has 1 fully saturated rings. The lowest BCUT2D eigenvalue weighted by Gasteiger charge is -2.22. The summed E-state index contributed by atoms with van der Waals surface area (Å²) in [6.07, 6.45) is 7.09. The van der Waals surface area contributed by atoms with Crippen LogP contribution in [0.3, 0.4) is 0 Å². The van der Waals surface area contributed by atoms with Gasteiger partial charge in [-0.3, -0.25) is 4.79 Å². The highest BCUT2D eigenvalue weighted by molar-refractivity contribution is 5.76. The second kappa shape index (κ2) is 7.25. The zero-order chi connectivity index (χ0) is 17.1. The third kappa shape index (κ3) is 3.56. The Balaban J connectivity index is 1.69. The SMILES string of the molecule is Cc1nc2nc(CN)nn2c(C)c1CCC(=O)NC1CCCCC1. The molecule has 0 aromatic carbocycles. The zero-order valence-electron chi connectivity index (χ0n) is 14.5. The third-order valence-corrected chi connectivity index (χ3v) is 4.85. The topological polar surface area (TPSA) is 98.2 Å². The van der Waals surface area contributed by atoms with Gasteiger partial charge in [0.1, 0.15) is 0 Å². The predicted molar refractivity (Wildman–Crippen MR) is 91.5 cm³/mol. The van der Waals surface area contributed by atoms with Crippen LogP contribution in [0.15, 0.2) is 0 Å². The molecular weight excluding hydrogens is 304 g/mol. The molecule has 0 saturated heterocycles. The number of amides is 1. The van der Waals surface area contributed by atoms with E-state index >= 15 is 0 Å². The Bertz CT molecular complexity index is 732. The van der Waals surface area contributed by atoms with Crippen LogP contribution in [0.5, 0.6) is 0 Å². The van der Waals surface area contributed by atoms with Gasteiger partial charge < -0.3 is 11.1 Å². The van der Waals surface area contributed by atoms with E-state index in [1.807, 2.05) is 13.8 Å². The van der Waals surface area contributed by atoms with Gasteiger partial charge in [0.15, 0.2) is 5.82 Å². The van der Waals surface area contributed by atoms with Crippen LogP contribution in [0.25, 0.3) is 5.78 Å². The molecule has 3 rings (SSSR count). The van der Waals surface area contributed by atoms with Crippen molar-refractivity contribution >= 4 is 11.7 Å². The van der Waals surface area contributed by atoms with Crippen molar-refractivity contribution in [1.82, 2.24) is 24.9 Å². The number of nitrogens with zero attached hydrogens (tertiary/aromatic N) is 4. The maximum Gasteiger partial charge on any atom is 0.252 e. The maximum absolute atomic E-state index is 12.2. The fourth-order valence-corrected chi connectivity index (χ4v) is 3.48. The van der Waals surface area contributed by atoms with Gasteiger partial charge in [0.2, 0.25) is 5.91 Å². The first kappa shape index (κ1) is 16.8. The molecule has 0 spiro atoms. The number of carbonyl (C=O) groups is 1. The highest BCUT2D eigenvalue weighted by Crippen LogP contribution is 2.18. The number of hydrogen-bond acceptors (Lipinski definition) is 5. The molecule has 0 bridgehead atoms. The number of hydrogen-bond donors (Lipinski definition) is 2. The van der Waals surface area contributed by atoms with Gasteiger partial charge in [-0.15, -0.1) is 5.10 Å². The molecule has 0 radical (unpaired) electrons. The van der Waals surface area contributed by atoms with Crippen LogP contribution in [0, 0.1) is 13.8 Å². The smallest absolute Gasteiger partial charge is 0.252 e. The first-order valence-electron chi connectivity index (χ1n) is 8.79. The molecule has 1 aliphatic carbocycles. The number of carbonyl (C=O) groups excluding carboxylic acids is 1. The molecule has 24 heavy (non-hydrogen) atoms. The molecule has 0 aliphatic heterocycles. The van der Waals surface area contributed by atoms with Gasteiger partial charge in [0.05, 0.1) is 6.54 Å². The first-order chi connectivity index (χ1) is 11.6. The average Bonchev–Trinajstić information content (AvgIpc) is 2.99. The second-order valence-corrected chi connectivity index (χ2v) is 6.61. The zero-order valence-corrected chi connectivity index (χ0v) is 14.5. The fraction of sp³-hybridized carbons (Fsp3) is 0.647. The Kier molecular flexibility index (Phi) is 5.08. The molecule has 0 atom stereocenters. The van der Waals surface area contributed by atoms with E-state index in [0.717, 1.165) is 29.8 Å². The Labute approximate surface area is 142 Å². The number of fused-ring (bicyclic) bond motifs is 1. The summed E-state index contributed by atoms with van der Waals surface area (Å²) in [5.41, 5.74) is 8.56. The van der Waals surface area contributed by atoms with Crippen molar-refractivity contribution in [2.45, 2.75) is 71.4 Å². The lowest BCUT2D eigenvalue weighted by atomic mass is 9.95. The van der Waals surface area contributed by atoms with Gasteiger partial charge in [-0.2, -0.15) is 4.98 Å². The number of nitrogens with two attached hydrogens (primary N) is 1. The van der Waals surface area contributed by atoms with Gasteiger partial charge in [0.25, 0.3) is 5.78 Å².